The van der Waals surface area contributed by atoms with E-state index in [1.165, 1.54) is 0 Å². The predicted molar refractivity (Wildman–Crippen MR) is 76.5 cm³/mol. The Morgan fingerprint density at radius 2 is 1.33 bits per heavy atom. The summed E-state index contributed by atoms with van der Waals surface area (Å²) in [5.41, 5.74) is -0.468. The summed E-state index contributed by atoms with van der Waals surface area (Å²) in [4.78, 5) is 24.0. The summed E-state index contributed by atoms with van der Waals surface area (Å²) in [7, 11) is 0. The fourth-order valence-electron chi connectivity index (χ4n) is 2.80. The van der Waals surface area contributed by atoms with Gasteiger partial charge in [0.05, 0.1) is 0 Å². The van der Waals surface area contributed by atoms with Crippen molar-refractivity contribution in [1.29, 1.82) is 0 Å². The molecule has 0 aromatic carbocycles. The Balaban J connectivity index is 4.76. The molecule has 0 atom stereocenters. The molecule has 0 amide bonds. The second kappa shape index (κ2) is 5.99. The summed E-state index contributed by atoms with van der Waals surface area (Å²) in [6.07, 6.45) is 1.31. The molecule has 106 valence electrons. The molecule has 0 aliphatic carbocycles. The molecule has 0 rings (SSSR count). The molecule has 0 saturated carbocycles. The first-order chi connectivity index (χ1) is 7.89. The van der Waals surface area contributed by atoms with Gasteiger partial charge in [-0.1, -0.05) is 55.4 Å². The Hall–Kier alpha value is -0.660. The van der Waals surface area contributed by atoms with Crippen molar-refractivity contribution in [2.75, 3.05) is 0 Å². The van der Waals surface area contributed by atoms with Crippen LogP contribution in [0, 0.1) is 22.7 Å². The van der Waals surface area contributed by atoms with E-state index in [9.17, 15) is 9.59 Å². The van der Waals surface area contributed by atoms with Gasteiger partial charge in [0, 0.05) is 23.7 Å². The van der Waals surface area contributed by atoms with Crippen molar-refractivity contribution >= 4 is 11.6 Å². The van der Waals surface area contributed by atoms with Crippen LogP contribution in [-0.4, -0.2) is 11.6 Å². The minimum Gasteiger partial charge on any atom is -0.299 e. The summed E-state index contributed by atoms with van der Waals surface area (Å²) in [6, 6.07) is 0. The van der Waals surface area contributed by atoms with Crippen molar-refractivity contribution in [1.82, 2.24) is 0 Å². The van der Waals surface area contributed by atoms with Crippen molar-refractivity contribution in [2.24, 2.45) is 22.7 Å². The Morgan fingerprint density at radius 3 is 1.67 bits per heavy atom. The number of Topliss-reactive ketones (excluding diaryl/α,β-unsaturated/α-hetero) is 2. The topological polar surface area (TPSA) is 34.1 Å². The summed E-state index contributed by atoms with van der Waals surface area (Å²) in [5.74, 6) is 0.699. The minimum absolute atomic E-state index is 0.0524. The van der Waals surface area contributed by atoms with E-state index in [-0.39, 0.29) is 34.2 Å². The van der Waals surface area contributed by atoms with Crippen LogP contribution >= 0.6 is 0 Å². The van der Waals surface area contributed by atoms with Gasteiger partial charge in [0.1, 0.15) is 11.6 Å². The zero-order valence-corrected chi connectivity index (χ0v) is 13.4. The third-order valence-electron chi connectivity index (χ3n) is 3.41. The Morgan fingerprint density at radius 1 is 0.889 bits per heavy atom. The highest BCUT2D eigenvalue weighted by molar-refractivity contribution is 5.86. The average Bonchev–Trinajstić information content (AvgIpc) is 2.13. The SMILES string of the molecule is CC(C)C(=O)CC(C)(C)CC(C)(C)C(=O)C(C)C. The zero-order valence-electron chi connectivity index (χ0n) is 13.4. The number of hydrogen-bond donors (Lipinski definition) is 0. The number of rotatable bonds is 7. The lowest BCUT2D eigenvalue weighted by molar-refractivity contribution is -0.133. The van der Waals surface area contributed by atoms with E-state index in [2.05, 4.69) is 13.8 Å². The van der Waals surface area contributed by atoms with E-state index in [0.29, 0.717) is 6.42 Å². The number of carbonyl (C=O) groups is 2. The molecule has 0 saturated heterocycles. The quantitative estimate of drug-likeness (QED) is 0.680. The molecular weight excluding hydrogens is 224 g/mol. The summed E-state index contributed by atoms with van der Waals surface area (Å²) in [6.45, 7) is 15.9. The molecule has 0 aliphatic heterocycles. The molecule has 0 N–H and O–H groups in total. The monoisotopic (exact) mass is 254 g/mol. The van der Waals surface area contributed by atoms with Crippen LogP contribution in [0.1, 0.15) is 68.2 Å². The molecule has 18 heavy (non-hydrogen) atoms. The molecule has 0 aromatic rings. The number of hydrogen-bond acceptors (Lipinski definition) is 2. The van der Waals surface area contributed by atoms with Crippen molar-refractivity contribution in [3.63, 3.8) is 0 Å². The van der Waals surface area contributed by atoms with Crippen LogP contribution in [-0.2, 0) is 9.59 Å². The fraction of sp³-hybridized carbons (Fsp3) is 0.875. The maximum atomic E-state index is 12.2. The lowest BCUT2D eigenvalue weighted by atomic mass is 9.68. The normalized spacial score (nSPS) is 13.2. The van der Waals surface area contributed by atoms with Crippen LogP contribution in [0.3, 0.4) is 0 Å². The van der Waals surface area contributed by atoms with Crippen LogP contribution < -0.4 is 0 Å². The fourth-order valence-corrected chi connectivity index (χ4v) is 2.80. The van der Waals surface area contributed by atoms with Gasteiger partial charge in [-0.2, -0.15) is 0 Å². The van der Waals surface area contributed by atoms with E-state index in [1.54, 1.807) is 0 Å². The van der Waals surface area contributed by atoms with Crippen molar-refractivity contribution < 1.29 is 9.59 Å². The van der Waals surface area contributed by atoms with Gasteiger partial charge in [0.2, 0.25) is 0 Å². The standard InChI is InChI=1S/C16H30O2/c1-11(2)13(17)9-15(5,6)10-16(7,8)14(18)12(3)4/h11-12H,9-10H2,1-8H3. The van der Waals surface area contributed by atoms with Gasteiger partial charge in [0.15, 0.2) is 0 Å². The Labute approximate surface area is 113 Å². The molecule has 0 unspecified atom stereocenters. The van der Waals surface area contributed by atoms with Gasteiger partial charge < -0.3 is 0 Å². The third-order valence-corrected chi connectivity index (χ3v) is 3.41. The molecule has 0 aromatic heterocycles. The van der Waals surface area contributed by atoms with E-state index < -0.39 is 0 Å². The van der Waals surface area contributed by atoms with E-state index >= 15 is 0 Å². The lowest BCUT2D eigenvalue weighted by Gasteiger charge is -2.35. The average molecular weight is 254 g/mol. The van der Waals surface area contributed by atoms with Gasteiger partial charge in [0.25, 0.3) is 0 Å². The molecule has 2 nitrogen and oxygen atoms in total. The van der Waals surface area contributed by atoms with Crippen LogP contribution in [0.5, 0.6) is 0 Å². The van der Waals surface area contributed by atoms with Gasteiger partial charge in [-0.05, 0) is 11.8 Å². The molecule has 0 aliphatic rings. The highest BCUT2D eigenvalue weighted by Gasteiger charge is 2.36. The number of ketones is 2. The number of carbonyl (C=O) groups excluding carboxylic acids is 2. The lowest BCUT2D eigenvalue weighted by Crippen LogP contribution is -2.34. The highest BCUT2D eigenvalue weighted by Crippen LogP contribution is 2.38. The molecule has 0 radical (unpaired) electrons. The van der Waals surface area contributed by atoms with Crippen molar-refractivity contribution in [3.8, 4) is 0 Å². The Bertz CT molecular complexity index is 309. The summed E-state index contributed by atoms with van der Waals surface area (Å²) < 4.78 is 0. The largest absolute Gasteiger partial charge is 0.299 e. The van der Waals surface area contributed by atoms with Gasteiger partial charge in [-0.25, -0.2) is 0 Å². The molecule has 0 bridgehead atoms. The minimum atomic E-state index is -0.352. The van der Waals surface area contributed by atoms with Crippen molar-refractivity contribution in [3.05, 3.63) is 0 Å². The van der Waals surface area contributed by atoms with E-state index in [0.717, 1.165) is 6.42 Å². The van der Waals surface area contributed by atoms with Gasteiger partial charge >= 0.3 is 0 Å². The zero-order chi connectivity index (χ0) is 14.7. The predicted octanol–water partition coefficient (Wildman–Crippen LogP) is 4.27. The first-order valence-corrected chi connectivity index (χ1v) is 6.96. The molecule has 0 spiro atoms. The van der Waals surface area contributed by atoms with Crippen LogP contribution in [0.2, 0.25) is 0 Å². The molecular formula is C16H30O2. The molecule has 2 heteroatoms. The highest BCUT2D eigenvalue weighted by atomic mass is 16.1. The first kappa shape index (κ1) is 17.3. The summed E-state index contributed by atoms with van der Waals surface area (Å²) in [5, 5.41) is 0. The molecule has 0 fully saturated rings. The van der Waals surface area contributed by atoms with Gasteiger partial charge in [-0.3, -0.25) is 9.59 Å². The van der Waals surface area contributed by atoms with Crippen LogP contribution in [0.15, 0.2) is 0 Å². The summed E-state index contributed by atoms with van der Waals surface area (Å²) >= 11 is 0. The second-order valence-electron chi connectivity index (χ2n) is 7.54. The Kier molecular flexibility index (Phi) is 5.77. The van der Waals surface area contributed by atoms with E-state index in [4.69, 9.17) is 0 Å². The second-order valence-corrected chi connectivity index (χ2v) is 7.54. The first-order valence-electron chi connectivity index (χ1n) is 6.96. The van der Waals surface area contributed by atoms with E-state index in [1.807, 2.05) is 41.5 Å². The van der Waals surface area contributed by atoms with Crippen molar-refractivity contribution in [2.45, 2.75) is 68.2 Å². The third kappa shape index (κ3) is 5.32. The van der Waals surface area contributed by atoms with Crippen LogP contribution in [0.4, 0.5) is 0 Å². The maximum absolute atomic E-state index is 12.2. The van der Waals surface area contributed by atoms with Crippen LogP contribution in [0.25, 0.3) is 0 Å². The van der Waals surface area contributed by atoms with Gasteiger partial charge in [-0.15, -0.1) is 0 Å². The smallest absolute Gasteiger partial charge is 0.141 e. The molecule has 0 heterocycles. The maximum Gasteiger partial charge on any atom is 0.141 e.